The largest absolute Gasteiger partial charge is 0.426 e. The highest BCUT2D eigenvalue weighted by Gasteiger charge is 2.47. The number of benzene rings is 1. The fourth-order valence-electron chi connectivity index (χ4n) is 3.17. The maximum atomic E-state index is 12.1. The van der Waals surface area contributed by atoms with Crippen molar-refractivity contribution in [2.24, 2.45) is 0 Å². The molecule has 1 aromatic heterocycles. The molecule has 0 radical (unpaired) electrons. The van der Waals surface area contributed by atoms with Crippen LogP contribution in [0, 0.1) is 11.6 Å². The first-order valence-electron chi connectivity index (χ1n) is 8.74. The van der Waals surface area contributed by atoms with Crippen molar-refractivity contribution < 1.29 is 28.5 Å². The molecule has 156 valence electrons. The molecule has 3 N–H and O–H groups in total. The van der Waals surface area contributed by atoms with E-state index in [1.165, 1.54) is 10.8 Å². The third-order valence-electron chi connectivity index (χ3n) is 4.64. The van der Waals surface area contributed by atoms with E-state index in [1.54, 1.807) is 0 Å². The van der Waals surface area contributed by atoms with Crippen LogP contribution in [0.2, 0.25) is 5.02 Å². The molecule has 0 spiro atoms. The van der Waals surface area contributed by atoms with Crippen molar-refractivity contribution >= 4 is 32.4 Å². The Labute approximate surface area is 176 Å². The van der Waals surface area contributed by atoms with Crippen LogP contribution < -0.4 is 10.2 Å². The van der Waals surface area contributed by atoms with Gasteiger partial charge in [0.2, 0.25) is 0 Å². The second-order valence-corrected chi connectivity index (χ2v) is 8.59. The number of rotatable bonds is 4. The van der Waals surface area contributed by atoms with Gasteiger partial charge in [0, 0.05) is 11.8 Å². The second kappa shape index (κ2) is 8.05. The summed E-state index contributed by atoms with van der Waals surface area (Å²) in [5.74, 6) is -2.07. The highest BCUT2D eigenvalue weighted by molar-refractivity contribution is 7.71. The number of para-hydroxylation sites is 1. The highest BCUT2D eigenvalue weighted by Crippen LogP contribution is 2.51. The minimum absolute atomic E-state index is 0.120. The van der Waals surface area contributed by atoms with Crippen LogP contribution in [-0.2, 0) is 20.4 Å². The summed E-state index contributed by atoms with van der Waals surface area (Å²) in [6.07, 6.45) is 0.0111. The van der Waals surface area contributed by atoms with E-state index in [9.17, 15) is 15.0 Å². The van der Waals surface area contributed by atoms with Crippen LogP contribution >= 0.6 is 32.4 Å². The van der Waals surface area contributed by atoms with Crippen molar-refractivity contribution in [1.82, 2.24) is 9.55 Å². The van der Waals surface area contributed by atoms with E-state index < -0.39 is 32.6 Å². The van der Waals surface area contributed by atoms with E-state index in [-0.39, 0.29) is 22.7 Å². The normalized spacial score (nSPS) is 24.2. The lowest BCUT2D eigenvalue weighted by Crippen LogP contribution is -2.44. The summed E-state index contributed by atoms with van der Waals surface area (Å²) >= 11 is 10.9. The number of nitrogens with one attached hydrogen (secondary N) is 1. The van der Waals surface area contributed by atoms with Crippen molar-refractivity contribution in [3.63, 3.8) is 0 Å². The van der Waals surface area contributed by atoms with Gasteiger partial charge in [0.15, 0.2) is 0 Å². The summed E-state index contributed by atoms with van der Waals surface area (Å²) in [4.78, 5) is 14.5. The van der Waals surface area contributed by atoms with E-state index in [0.717, 1.165) is 11.1 Å². The van der Waals surface area contributed by atoms with E-state index >= 15 is 0 Å². The number of aromatic amines is 1. The Morgan fingerprint density at radius 1 is 1.41 bits per heavy atom. The average Bonchev–Trinajstić information content (AvgIpc) is 3.16. The zero-order valence-electron chi connectivity index (χ0n) is 15.2. The van der Waals surface area contributed by atoms with Crippen molar-refractivity contribution in [2.75, 3.05) is 0 Å². The van der Waals surface area contributed by atoms with Crippen molar-refractivity contribution in [1.29, 1.82) is 0 Å². The molecular formula is C17H18ClN2O7PS. The van der Waals surface area contributed by atoms with Crippen molar-refractivity contribution in [3.8, 4) is 5.75 Å². The van der Waals surface area contributed by atoms with Gasteiger partial charge in [0.25, 0.3) is 0 Å². The van der Waals surface area contributed by atoms with Gasteiger partial charge in [0.1, 0.15) is 22.7 Å². The number of fused-ring (bicyclic) bond motifs is 1. The Morgan fingerprint density at radius 3 is 3.00 bits per heavy atom. The summed E-state index contributed by atoms with van der Waals surface area (Å²) in [5.41, 5.74) is 1.23. The summed E-state index contributed by atoms with van der Waals surface area (Å²) in [7, 11) is -2.05. The van der Waals surface area contributed by atoms with E-state index in [4.69, 9.17) is 42.1 Å². The molecule has 0 saturated carbocycles. The van der Waals surface area contributed by atoms with Crippen LogP contribution in [0.15, 0.2) is 29.2 Å². The fourth-order valence-corrected chi connectivity index (χ4v) is 4.60. The molecule has 1 aromatic carbocycles. The van der Waals surface area contributed by atoms with Gasteiger partial charge >= 0.3 is 20.3 Å². The molecule has 12 heteroatoms. The van der Waals surface area contributed by atoms with Gasteiger partial charge in [-0.2, -0.15) is 0 Å². The maximum Gasteiger partial charge on any atom is 0.402 e. The Kier molecular flexibility index (Phi) is 5.80. The van der Waals surface area contributed by atoms with Gasteiger partial charge in [-0.05, 0) is 25.3 Å². The summed E-state index contributed by atoms with van der Waals surface area (Å²) in [5, 5.41) is 21.1. The SMILES string of the molecule is Cc1cccc2c1OP(OC(O)(O)C1CCC(n3cc(Cl)c(=S)[nH]c3=O)O1)OC2. The molecule has 2 aliphatic rings. The molecule has 2 aliphatic heterocycles. The Hall–Kier alpha value is -1.36. The Balaban J connectivity index is 1.45. The predicted molar refractivity (Wildman–Crippen MR) is 106 cm³/mol. The lowest BCUT2D eigenvalue weighted by Gasteiger charge is -2.32. The molecule has 2 aromatic rings. The van der Waals surface area contributed by atoms with Crippen LogP contribution in [0.4, 0.5) is 0 Å². The number of halogens is 1. The predicted octanol–water partition coefficient (Wildman–Crippen LogP) is 3.04. The standard InChI is InChI=1S/C17H18ClN2O7PS/c1-9-3-2-4-10-8-24-28(26-14(9)10)27-17(22,23)12-5-6-13(25-12)20-7-11(18)15(29)19-16(20)21/h2-4,7,12-13,22-23H,5-6,8H2,1H3,(H,19,21,29). The Morgan fingerprint density at radius 2 is 2.21 bits per heavy atom. The minimum Gasteiger partial charge on any atom is -0.426 e. The zero-order chi connectivity index (χ0) is 20.8. The highest BCUT2D eigenvalue weighted by atomic mass is 35.5. The molecule has 1 saturated heterocycles. The van der Waals surface area contributed by atoms with Crippen LogP contribution in [0.3, 0.4) is 0 Å². The van der Waals surface area contributed by atoms with Crippen molar-refractivity contribution in [2.45, 2.75) is 44.7 Å². The first kappa shape index (κ1) is 20.9. The van der Waals surface area contributed by atoms with Crippen LogP contribution in [0.5, 0.6) is 5.75 Å². The van der Waals surface area contributed by atoms with Gasteiger partial charge in [-0.1, -0.05) is 42.0 Å². The monoisotopic (exact) mass is 460 g/mol. The Bertz CT molecular complexity index is 1040. The second-order valence-electron chi connectivity index (χ2n) is 6.70. The van der Waals surface area contributed by atoms with Gasteiger partial charge in [-0.15, -0.1) is 0 Å². The average molecular weight is 461 g/mol. The van der Waals surface area contributed by atoms with Crippen LogP contribution in [-0.4, -0.2) is 31.8 Å². The molecule has 3 atom stereocenters. The number of ether oxygens (including phenoxy) is 1. The quantitative estimate of drug-likeness (QED) is 0.362. The first-order valence-corrected chi connectivity index (χ1v) is 10.6. The van der Waals surface area contributed by atoms with Gasteiger partial charge in [0.05, 0.1) is 11.6 Å². The molecule has 9 nitrogen and oxygen atoms in total. The number of aromatic nitrogens is 2. The van der Waals surface area contributed by atoms with Gasteiger partial charge < -0.3 is 19.5 Å². The number of aliphatic hydroxyl groups is 2. The third-order valence-corrected chi connectivity index (χ3v) is 6.45. The summed E-state index contributed by atoms with van der Waals surface area (Å²) < 4.78 is 23.4. The molecule has 3 unspecified atom stereocenters. The molecular weight excluding hydrogens is 443 g/mol. The topological polar surface area (TPSA) is 115 Å². The first-order chi connectivity index (χ1) is 13.7. The van der Waals surface area contributed by atoms with Crippen LogP contribution in [0.25, 0.3) is 0 Å². The number of hydrogen-bond acceptors (Lipinski definition) is 8. The maximum absolute atomic E-state index is 12.1. The molecule has 0 bridgehead atoms. The number of H-pyrrole nitrogens is 1. The van der Waals surface area contributed by atoms with Gasteiger partial charge in [-0.3, -0.25) is 14.1 Å². The molecule has 1 fully saturated rings. The minimum atomic E-state index is -2.67. The van der Waals surface area contributed by atoms with E-state index in [1.807, 2.05) is 25.1 Å². The smallest absolute Gasteiger partial charge is 0.402 e. The molecule has 3 heterocycles. The molecule has 0 amide bonds. The number of nitrogens with zero attached hydrogens (tertiary/aromatic N) is 1. The molecule has 0 aliphatic carbocycles. The van der Waals surface area contributed by atoms with E-state index in [2.05, 4.69) is 4.98 Å². The van der Waals surface area contributed by atoms with E-state index in [0.29, 0.717) is 12.2 Å². The molecule has 4 rings (SSSR count). The summed E-state index contributed by atoms with van der Waals surface area (Å²) in [6, 6.07) is 5.62. The fraction of sp³-hybridized carbons (Fsp3) is 0.412. The van der Waals surface area contributed by atoms with Crippen molar-refractivity contribution in [3.05, 3.63) is 55.7 Å². The van der Waals surface area contributed by atoms with Crippen LogP contribution in [0.1, 0.15) is 30.2 Å². The lowest BCUT2D eigenvalue weighted by molar-refractivity contribution is -0.346. The molecule has 29 heavy (non-hydrogen) atoms. The number of hydrogen-bond donors (Lipinski definition) is 3. The number of aryl methyl sites for hydroxylation is 1. The lowest BCUT2D eigenvalue weighted by atomic mass is 10.1. The zero-order valence-corrected chi connectivity index (χ0v) is 17.7. The third kappa shape index (κ3) is 4.26. The summed E-state index contributed by atoms with van der Waals surface area (Å²) in [6.45, 7) is 2.10. The van der Waals surface area contributed by atoms with Gasteiger partial charge in [-0.25, -0.2) is 9.32 Å².